The molecule has 5 heteroatoms. The Labute approximate surface area is 100 Å². The molecule has 0 bridgehead atoms. The van der Waals surface area contributed by atoms with Crippen molar-refractivity contribution in [2.45, 2.75) is 19.9 Å². The van der Waals surface area contributed by atoms with Gasteiger partial charge in [0.05, 0.1) is 11.0 Å². The molecule has 1 aromatic carbocycles. The number of hydrogen-bond acceptors (Lipinski definition) is 4. The molecule has 90 valence electrons. The number of nitrogens with zero attached hydrogens (tertiary/aromatic N) is 3. The summed E-state index contributed by atoms with van der Waals surface area (Å²) in [4.78, 5) is 12.5. The molecule has 5 nitrogen and oxygen atoms in total. The van der Waals surface area contributed by atoms with Gasteiger partial charge in [0.2, 0.25) is 0 Å². The van der Waals surface area contributed by atoms with Crippen LogP contribution in [-0.4, -0.2) is 22.9 Å². The van der Waals surface area contributed by atoms with Crippen molar-refractivity contribution < 1.29 is 4.92 Å². The smallest absolute Gasteiger partial charge is 0.273 e. The molecule has 0 aliphatic rings. The zero-order valence-electron chi connectivity index (χ0n) is 9.80. The van der Waals surface area contributed by atoms with Crippen molar-refractivity contribution in [1.29, 1.82) is 5.26 Å². The highest BCUT2D eigenvalue weighted by atomic mass is 16.6. The molecule has 1 rings (SSSR count). The molecule has 0 atom stereocenters. The van der Waals surface area contributed by atoms with E-state index in [9.17, 15) is 10.1 Å². The summed E-state index contributed by atoms with van der Waals surface area (Å²) in [6, 6.07) is 8.80. The Balaban J connectivity index is 2.79. The lowest BCUT2D eigenvalue weighted by molar-refractivity contribution is -0.385. The molecule has 0 saturated heterocycles. The van der Waals surface area contributed by atoms with Crippen LogP contribution in [0.25, 0.3) is 0 Å². The number of nitriles is 1. The summed E-state index contributed by atoms with van der Waals surface area (Å²) < 4.78 is 0. The fraction of sp³-hybridized carbons (Fsp3) is 0.417. The second kappa shape index (κ2) is 6.61. The fourth-order valence-electron chi connectivity index (χ4n) is 1.62. The van der Waals surface area contributed by atoms with Crippen LogP contribution in [0.3, 0.4) is 0 Å². The van der Waals surface area contributed by atoms with Crippen molar-refractivity contribution in [2.24, 2.45) is 0 Å². The van der Waals surface area contributed by atoms with Gasteiger partial charge in [0, 0.05) is 31.1 Å². The molecule has 0 unspecified atom stereocenters. The van der Waals surface area contributed by atoms with E-state index in [1.54, 1.807) is 18.2 Å². The topological polar surface area (TPSA) is 70.2 Å². The second-order valence-electron chi connectivity index (χ2n) is 3.66. The predicted octanol–water partition coefficient (Wildman–Crippen LogP) is 2.33. The Morgan fingerprint density at radius 1 is 1.47 bits per heavy atom. The first-order valence-electron chi connectivity index (χ1n) is 5.50. The van der Waals surface area contributed by atoms with Crippen LogP contribution >= 0.6 is 0 Å². The van der Waals surface area contributed by atoms with Gasteiger partial charge in [0.25, 0.3) is 5.69 Å². The lowest BCUT2D eigenvalue weighted by atomic mass is 10.1. The average Bonchev–Trinajstić information content (AvgIpc) is 2.34. The van der Waals surface area contributed by atoms with E-state index in [0.29, 0.717) is 25.1 Å². The van der Waals surface area contributed by atoms with Crippen LogP contribution in [0.2, 0.25) is 0 Å². The lowest BCUT2D eigenvalue weighted by Gasteiger charge is -2.18. The molecule has 0 saturated carbocycles. The minimum atomic E-state index is -0.368. The summed E-state index contributed by atoms with van der Waals surface area (Å²) in [5.74, 6) is 0. The Morgan fingerprint density at radius 3 is 2.76 bits per heavy atom. The average molecular weight is 233 g/mol. The van der Waals surface area contributed by atoms with Gasteiger partial charge in [-0.15, -0.1) is 0 Å². The minimum absolute atomic E-state index is 0.142. The molecule has 0 fully saturated rings. The van der Waals surface area contributed by atoms with Crippen LogP contribution in [0.4, 0.5) is 5.69 Å². The van der Waals surface area contributed by atoms with Gasteiger partial charge < -0.3 is 0 Å². The number of para-hydroxylation sites is 1. The highest BCUT2D eigenvalue weighted by molar-refractivity contribution is 5.39. The summed E-state index contributed by atoms with van der Waals surface area (Å²) in [5.41, 5.74) is 0.834. The summed E-state index contributed by atoms with van der Waals surface area (Å²) in [7, 11) is 0. The van der Waals surface area contributed by atoms with Crippen LogP contribution in [0, 0.1) is 21.4 Å². The van der Waals surface area contributed by atoms with E-state index in [-0.39, 0.29) is 10.6 Å². The highest BCUT2D eigenvalue weighted by Crippen LogP contribution is 2.19. The number of nitro benzene ring substituents is 1. The van der Waals surface area contributed by atoms with Crippen molar-refractivity contribution in [1.82, 2.24) is 4.90 Å². The number of rotatable bonds is 6. The predicted molar refractivity (Wildman–Crippen MR) is 64.3 cm³/mol. The van der Waals surface area contributed by atoms with Crippen LogP contribution in [0.5, 0.6) is 0 Å². The van der Waals surface area contributed by atoms with Crippen molar-refractivity contribution in [3.63, 3.8) is 0 Å². The molecule has 0 spiro atoms. The summed E-state index contributed by atoms with van der Waals surface area (Å²) in [6.45, 7) is 3.90. The van der Waals surface area contributed by atoms with E-state index in [1.165, 1.54) is 6.07 Å². The van der Waals surface area contributed by atoms with E-state index in [2.05, 4.69) is 6.07 Å². The van der Waals surface area contributed by atoms with Gasteiger partial charge in [-0.25, -0.2) is 0 Å². The Hall–Kier alpha value is -1.93. The molecule has 0 N–H and O–H groups in total. The second-order valence-corrected chi connectivity index (χ2v) is 3.66. The molecule has 1 aromatic rings. The van der Waals surface area contributed by atoms with Crippen molar-refractivity contribution in [3.8, 4) is 6.07 Å². The van der Waals surface area contributed by atoms with Crippen molar-refractivity contribution in [3.05, 3.63) is 39.9 Å². The third-order valence-electron chi connectivity index (χ3n) is 2.57. The minimum Gasteiger partial charge on any atom is -0.298 e. The van der Waals surface area contributed by atoms with Gasteiger partial charge in [0.15, 0.2) is 0 Å². The van der Waals surface area contributed by atoms with E-state index in [4.69, 9.17) is 5.26 Å². The van der Waals surface area contributed by atoms with Gasteiger partial charge in [-0.1, -0.05) is 25.1 Å². The maximum atomic E-state index is 10.8. The first kappa shape index (κ1) is 13.1. The van der Waals surface area contributed by atoms with Gasteiger partial charge in [-0.05, 0) is 6.54 Å². The van der Waals surface area contributed by atoms with E-state index in [1.807, 2.05) is 11.8 Å². The number of benzene rings is 1. The molecule has 0 aromatic heterocycles. The van der Waals surface area contributed by atoms with Crippen LogP contribution in [0.15, 0.2) is 24.3 Å². The largest absolute Gasteiger partial charge is 0.298 e. The zero-order chi connectivity index (χ0) is 12.7. The molecular formula is C12H15N3O2. The van der Waals surface area contributed by atoms with Gasteiger partial charge in [-0.2, -0.15) is 5.26 Å². The molecule has 0 radical (unpaired) electrons. The lowest BCUT2D eigenvalue weighted by Crippen LogP contribution is -2.24. The fourth-order valence-corrected chi connectivity index (χ4v) is 1.62. The zero-order valence-corrected chi connectivity index (χ0v) is 9.80. The summed E-state index contributed by atoms with van der Waals surface area (Å²) >= 11 is 0. The Kier molecular flexibility index (Phi) is 5.11. The summed E-state index contributed by atoms with van der Waals surface area (Å²) in [5, 5.41) is 19.4. The van der Waals surface area contributed by atoms with Crippen LogP contribution in [-0.2, 0) is 6.54 Å². The first-order chi connectivity index (χ1) is 8.19. The maximum absolute atomic E-state index is 10.8. The molecule has 17 heavy (non-hydrogen) atoms. The third kappa shape index (κ3) is 3.85. The van der Waals surface area contributed by atoms with Crippen LogP contribution in [0.1, 0.15) is 18.9 Å². The molecule has 0 amide bonds. The Morgan fingerprint density at radius 2 is 2.18 bits per heavy atom. The van der Waals surface area contributed by atoms with E-state index >= 15 is 0 Å². The van der Waals surface area contributed by atoms with Gasteiger partial charge in [-0.3, -0.25) is 15.0 Å². The highest BCUT2D eigenvalue weighted by Gasteiger charge is 2.14. The molecule has 0 aliphatic carbocycles. The number of nitro groups is 1. The Bertz CT molecular complexity index is 426. The maximum Gasteiger partial charge on any atom is 0.273 e. The first-order valence-corrected chi connectivity index (χ1v) is 5.50. The third-order valence-corrected chi connectivity index (χ3v) is 2.57. The van der Waals surface area contributed by atoms with E-state index < -0.39 is 0 Å². The van der Waals surface area contributed by atoms with E-state index in [0.717, 1.165) is 6.54 Å². The molecule has 0 aliphatic heterocycles. The number of hydrogen-bond donors (Lipinski definition) is 0. The molecular weight excluding hydrogens is 218 g/mol. The van der Waals surface area contributed by atoms with Gasteiger partial charge >= 0.3 is 0 Å². The SMILES string of the molecule is CCN(CCC#N)Cc1ccccc1[N+](=O)[O-]. The monoisotopic (exact) mass is 233 g/mol. The van der Waals surface area contributed by atoms with Crippen molar-refractivity contribution in [2.75, 3.05) is 13.1 Å². The molecule has 0 heterocycles. The quantitative estimate of drug-likeness (QED) is 0.558. The van der Waals surface area contributed by atoms with Gasteiger partial charge in [0.1, 0.15) is 0 Å². The normalized spacial score (nSPS) is 10.2. The van der Waals surface area contributed by atoms with Crippen LogP contribution < -0.4 is 0 Å². The summed E-state index contributed by atoms with van der Waals surface area (Å²) in [6.07, 6.45) is 0.439. The standard InChI is InChI=1S/C12H15N3O2/c1-2-14(9-5-8-13)10-11-6-3-4-7-12(11)15(16)17/h3-4,6-7H,2,5,9-10H2,1H3. The van der Waals surface area contributed by atoms with Crippen molar-refractivity contribution >= 4 is 5.69 Å².